The van der Waals surface area contributed by atoms with E-state index in [0.29, 0.717) is 25.9 Å². The molecule has 1 saturated heterocycles. The predicted octanol–water partition coefficient (Wildman–Crippen LogP) is 5.07. The first kappa shape index (κ1) is 27.1. The Hall–Kier alpha value is -2.12. The molecule has 0 saturated carbocycles. The Morgan fingerprint density at radius 1 is 1.00 bits per heavy atom. The summed E-state index contributed by atoms with van der Waals surface area (Å²) in [6.45, 7) is 2.05. The molecule has 7 heteroatoms. The second kappa shape index (κ2) is 16.5. The van der Waals surface area contributed by atoms with Gasteiger partial charge in [0.1, 0.15) is 5.75 Å². The maximum atomic E-state index is 11.2. The molecule has 2 rings (SSSR count). The summed E-state index contributed by atoms with van der Waals surface area (Å²) in [4.78, 5) is 22.4. The van der Waals surface area contributed by atoms with Crippen molar-refractivity contribution in [2.75, 3.05) is 26.9 Å². The number of carboxylic acids is 1. The summed E-state index contributed by atoms with van der Waals surface area (Å²) >= 11 is 0. The van der Waals surface area contributed by atoms with Gasteiger partial charge in [-0.25, -0.2) is 0 Å². The maximum Gasteiger partial charge on any atom is 0.305 e. The van der Waals surface area contributed by atoms with Crippen LogP contribution >= 0.6 is 0 Å². The number of unbranched alkanes of at least 4 members (excludes halogenated alkanes) is 4. The molecule has 0 amide bonds. The van der Waals surface area contributed by atoms with Crippen LogP contribution in [-0.2, 0) is 36.6 Å². The highest BCUT2D eigenvalue weighted by Crippen LogP contribution is 2.26. The largest absolute Gasteiger partial charge is 0.493 e. The molecule has 1 N–H and O–H groups in total. The fourth-order valence-electron chi connectivity index (χ4n) is 3.98. The van der Waals surface area contributed by atoms with Gasteiger partial charge in [-0.05, 0) is 75.0 Å². The number of ether oxygens (including phenoxy) is 4. The molecular weight excluding hydrogens is 424 g/mol. The second-order valence-corrected chi connectivity index (χ2v) is 8.50. The molecule has 186 valence electrons. The number of aryl methyl sites for hydroxylation is 1. The van der Waals surface area contributed by atoms with Gasteiger partial charge in [0.05, 0.1) is 13.7 Å². The zero-order valence-corrected chi connectivity index (χ0v) is 20.0. The van der Waals surface area contributed by atoms with Crippen LogP contribution in [-0.4, -0.2) is 50.3 Å². The quantitative estimate of drug-likeness (QED) is 0.254. The van der Waals surface area contributed by atoms with E-state index in [-0.39, 0.29) is 18.7 Å². The first-order chi connectivity index (χ1) is 16.1. The summed E-state index contributed by atoms with van der Waals surface area (Å²) in [7, 11) is 1.39. The number of carbonyl (C=O) groups is 2. The van der Waals surface area contributed by atoms with Crippen molar-refractivity contribution in [3.05, 3.63) is 29.3 Å². The maximum absolute atomic E-state index is 11.2. The minimum Gasteiger partial charge on any atom is -0.493 e. The van der Waals surface area contributed by atoms with E-state index < -0.39 is 5.97 Å². The van der Waals surface area contributed by atoms with Crippen LogP contribution in [0.4, 0.5) is 0 Å². The third-order valence-corrected chi connectivity index (χ3v) is 5.86. The number of carboxylic acid groups (broad SMARTS) is 1. The molecule has 1 atom stereocenters. The van der Waals surface area contributed by atoms with Crippen LogP contribution in [0.3, 0.4) is 0 Å². The van der Waals surface area contributed by atoms with E-state index in [0.717, 1.165) is 81.5 Å². The summed E-state index contributed by atoms with van der Waals surface area (Å²) in [6, 6.07) is 5.96. The molecular formula is C26H40O7. The van der Waals surface area contributed by atoms with Crippen LogP contribution in [0.25, 0.3) is 0 Å². The lowest BCUT2D eigenvalue weighted by Gasteiger charge is -2.22. The van der Waals surface area contributed by atoms with Gasteiger partial charge < -0.3 is 24.1 Å². The van der Waals surface area contributed by atoms with Gasteiger partial charge in [-0.2, -0.15) is 0 Å². The van der Waals surface area contributed by atoms with Gasteiger partial charge in [-0.15, -0.1) is 0 Å². The number of benzene rings is 1. The average Bonchev–Trinajstić information content (AvgIpc) is 2.82. The molecule has 7 nitrogen and oxygen atoms in total. The topological polar surface area (TPSA) is 91.3 Å². The molecule has 1 aromatic carbocycles. The Labute approximate surface area is 197 Å². The van der Waals surface area contributed by atoms with Gasteiger partial charge in [0.15, 0.2) is 6.29 Å². The van der Waals surface area contributed by atoms with Gasteiger partial charge in [0.2, 0.25) is 0 Å². The van der Waals surface area contributed by atoms with Gasteiger partial charge in [0, 0.05) is 26.1 Å². The van der Waals surface area contributed by atoms with E-state index in [9.17, 15) is 9.59 Å². The van der Waals surface area contributed by atoms with Crippen LogP contribution in [0.1, 0.15) is 81.8 Å². The van der Waals surface area contributed by atoms with Gasteiger partial charge in [-0.1, -0.05) is 25.0 Å². The standard InChI is InChI=1S/C26H40O7/c1-30-25(29)14-5-8-18-31-23-13-10-12-21(22(23)16-17-24(27)28)11-4-2-3-7-19-32-26-15-6-9-20-33-26/h10,12-13,26H,2-9,11,14-20H2,1H3,(H,27,28). The molecule has 33 heavy (non-hydrogen) atoms. The first-order valence-corrected chi connectivity index (χ1v) is 12.4. The Bertz CT molecular complexity index is 698. The monoisotopic (exact) mass is 464 g/mol. The van der Waals surface area contributed by atoms with Crippen molar-refractivity contribution in [3.8, 4) is 5.75 Å². The first-order valence-electron chi connectivity index (χ1n) is 12.4. The fourth-order valence-corrected chi connectivity index (χ4v) is 3.98. The lowest BCUT2D eigenvalue weighted by atomic mass is 9.97. The van der Waals surface area contributed by atoms with E-state index in [1.165, 1.54) is 13.5 Å². The van der Waals surface area contributed by atoms with Crippen LogP contribution in [0.2, 0.25) is 0 Å². The van der Waals surface area contributed by atoms with Crippen LogP contribution in [0.15, 0.2) is 18.2 Å². The molecule has 1 aromatic rings. The Morgan fingerprint density at radius 2 is 1.82 bits per heavy atom. The minimum absolute atomic E-state index is 0.0150. The van der Waals surface area contributed by atoms with E-state index in [1.54, 1.807) is 0 Å². The molecule has 0 spiro atoms. The van der Waals surface area contributed by atoms with Crippen molar-refractivity contribution in [1.82, 2.24) is 0 Å². The van der Waals surface area contributed by atoms with Crippen molar-refractivity contribution in [2.45, 2.75) is 89.8 Å². The number of rotatable bonds is 17. The highest BCUT2D eigenvalue weighted by Gasteiger charge is 2.14. The molecule has 0 bridgehead atoms. The molecule has 1 aliphatic rings. The highest BCUT2D eigenvalue weighted by molar-refractivity contribution is 5.69. The molecule has 0 radical (unpaired) electrons. The van der Waals surface area contributed by atoms with Crippen molar-refractivity contribution in [2.24, 2.45) is 0 Å². The highest BCUT2D eigenvalue weighted by atomic mass is 16.7. The van der Waals surface area contributed by atoms with Crippen LogP contribution in [0, 0.1) is 0 Å². The van der Waals surface area contributed by atoms with Gasteiger partial charge in [-0.3, -0.25) is 9.59 Å². The summed E-state index contributed by atoms with van der Waals surface area (Å²) in [5.74, 6) is -0.267. The smallest absolute Gasteiger partial charge is 0.305 e. The zero-order valence-electron chi connectivity index (χ0n) is 20.0. The van der Waals surface area contributed by atoms with Crippen molar-refractivity contribution >= 4 is 11.9 Å². The Kier molecular flexibility index (Phi) is 13.6. The van der Waals surface area contributed by atoms with E-state index in [1.807, 2.05) is 12.1 Å². The lowest BCUT2D eigenvalue weighted by Crippen LogP contribution is -2.22. The third kappa shape index (κ3) is 11.5. The number of hydrogen-bond acceptors (Lipinski definition) is 6. The Morgan fingerprint density at radius 3 is 2.58 bits per heavy atom. The number of esters is 1. The lowest BCUT2D eigenvalue weighted by molar-refractivity contribution is -0.162. The summed E-state index contributed by atoms with van der Waals surface area (Å²) in [5.41, 5.74) is 2.15. The summed E-state index contributed by atoms with van der Waals surface area (Å²) in [6.07, 6.45) is 10.9. The number of carbonyl (C=O) groups excluding carboxylic acids is 1. The molecule has 1 heterocycles. The fraction of sp³-hybridized carbons (Fsp3) is 0.692. The van der Waals surface area contributed by atoms with Crippen molar-refractivity contribution in [1.29, 1.82) is 0 Å². The molecule has 0 aliphatic carbocycles. The summed E-state index contributed by atoms with van der Waals surface area (Å²) in [5, 5.41) is 9.16. The number of methoxy groups -OCH3 is 1. The van der Waals surface area contributed by atoms with Crippen molar-refractivity contribution in [3.63, 3.8) is 0 Å². The second-order valence-electron chi connectivity index (χ2n) is 8.50. The normalized spacial score (nSPS) is 15.8. The number of hydrogen-bond donors (Lipinski definition) is 1. The molecule has 1 aliphatic heterocycles. The van der Waals surface area contributed by atoms with Crippen LogP contribution in [0.5, 0.6) is 5.75 Å². The zero-order chi connectivity index (χ0) is 23.7. The van der Waals surface area contributed by atoms with E-state index in [2.05, 4.69) is 10.8 Å². The van der Waals surface area contributed by atoms with Gasteiger partial charge >= 0.3 is 11.9 Å². The molecule has 0 aromatic heterocycles. The van der Waals surface area contributed by atoms with E-state index >= 15 is 0 Å². The van der Waals surface area contributed by atoms with Crippen molar-refractivity contribution < 1.29 is 33.6 Å². The predicted molar refractivity (Wildman–Crippen MR) is 125 cm³/mol. The van der Waals surface area contributed by atoms with Crippen LogP contribution < -0.4 is 4.74 Å². The Balaban J connectivity index is 1.75. The third-order valence-electron chi connectivity index (χ3n) is 5.86. The summed E-state index contributed by atoms with van der Waals surface area (Å²) < 4.78 is 22.0. The molecule has 1 unspecified atom stereocenters. The minimum atomic E-state index is -0.809. The van der Waals surface area contributed by atoms with Gasteiger partial charge in [0.25, 0.3) is 0 Å². The SMILES string of the molecule is COC(=O)CCCCOc1cccc(CCCCCCOC2CCCCO2)c1CCC(=O)O. The average molecular weight is 465 g/mol. The molecule has 1 fully saturated rings. The van der Waals surface area contributed by atoms with E-state index in [4.69, 9.17) is 19.3 Å². The number of aliphatic carboxylic acids is 1.